The number of fused-ring (bicyclic) bond motifs is 7. The fourth-order valence-corrected chi connectivity index (χ4v) is 11.8. The third kappa shape index (κ3) is 3.17. The van der Waals surface area contributed by atoms with Gasteiger partial charge in [0.15, 0.2) is 0 Å². The Labute approximate surface area is 209 Å². The van der Waals surface area contributed by atoms with Gasteiger partial charge in [-0.15, -0.1) is 0 Å². The lowest BCUT2D eigenvalue weighted by Crippen LogP contribution is -2.70. The molecule has 0 amide bonds. The van der Waals surface area contributed by atoms with Gasteiger partial charge >= 0.3 is 0 Å². The zero-order chi connectivity index (χ0) is 24.9. The minimum absolute atomic E-state index is 0.0483. The van der Waals surface area contributed by atoms with E-state index in [1.54, 1.807) is 0 Å². The van der Waals surface area contributed by atoms with Gasteiger partial charge in [-0.1, -0.05) is 48.5 Å². The summed E-state index contributed by atoms with van der Waals surface area (Å²) in [5.74, 6) is 1.91. The summed E-state index contributed by atoms with van der Waals surface area (Å²) in [6.45, 7) is 17.5. The summed E-state index contributed by atoms with van der Waals surface area (Å²) in [4.78, 5) is 0. The van der Waals surface area contributed by atoms with Crippen LogP contribution in [0, 0.1) is 56.2 Å². The van der Waals surface area contributed by atoms with E-state index in [9.17, 15) is 15.3 Å². The van der Waals surface area contributed by atoms with Crippen LogP contribution in [0.1, 0.15) is 119 Å². The van der Waals surface area contributed by atoms with Crippen molar-refractivity contribution >= 4 is 0 Å². The van der Waals surface area contributed by atoms with Crippen LogP contribution in [-0.4, -0.2) is 34.1 Å². The van der Waals surface area contributed by atoms with Gasteiger partial charge in [0.2, 0.25) is 0 Å². The number of rotatable bonds is 2. The van der Waals surface area contributed by atoms with Gasteiger partial charge in [0, 0.05) is 6.61 Å². The van der Waals surface area contributed by atoms with Crippen molar-refractivity contribution in [2.75, 3.05) is 6.61 Å². The maximum atomic E-state index is 12.1. The van der Waals surface area contributed by atoms with Gasteiger partial charge in [-0.2, -0.15) is 0 Å². The Morgan fingerprint density at radius 2 is 1.41 bits per heavy atom. The molecule has 0 spiro atoms. The number of hydrogen-bond donors (Lipinski definition) is 3. The Hall–Kier alpha value is -0.120. The molecule has 5 fully saturated rings. The largest absolute Gasteiger partial charge is 0.396 e. The van der Waals surface area contributed by atoms with E-state index < -0.39 is 0 Å². The Morgan fingerprint density at radius 3 is 2.09 bits per heavy atom. The molecule has 0 heterocycles. The molecule has 2 unspecified atom stereocenters. The summed E-state index contributed by atoms with van der Waals surface area (Å²) >= 11 is 0. The van der Waals surface area contributed by atoms with Gasteiger partial charge in [0.05, 0.1) is 12.2 Å². The first kappa shape index (κ1) is 25.5. The van der Waals surface area contributed by atoms with Crippen LogP contribution in [0.2, 0.25) is 0 Å². The average Bonchev–Trinajstić information content (AvgIpc) is 2.74. The molecular weight excluding hydrogens is 420 g/mol. The highest BCUT2D eigenvalue weighted by molar-refractivity contribution is 5.20. The predicted molar refractivity (Wildman–Crippen MR) is 138 cm³/mol. The van der Waals surface area contributed by atoms with Gasteiger partial charge in [-0.25, -0.2) is 0 Å². The molecule has 0 radical (unpaired) electrons. The molecule has 0 aromatic carbocycles. The summed E-state index contributed by atoms with van der Waals surface area (Å²) in [7, 11) is 0. The van der Waals surface area contributed by atoms with Gasteiger partial charge in [-0.3, -0.25) is 0 Å². The monoisotopic (exact) mass is 474 g/mol. The fourth-order valence-electron chi connectivity index (χ4n) is 11.8. The second kappa shape index (κ2) is 7.70. The van der Waals surface area contributed by atoms with Crippen LogP contribution < -0.4 is 0 Å². The topological polar surface area (TPSA) is 60.7 Å². The minimum Gasteiger partial charge on any atom is -0.396 e. The van der Waals surface area contributed by atoms with Crippen molar-refractivity contribution in [1.29, 1.82) is 0 Å². The molecule has 3 N–H and O–H groups in total. The molecule has 5 saturated carbocycles. The van der Waals surface area contributed by atoms with Crippen LogP contribution in [0.15, 0.2) is 0 Å². The Morgan fingerprint density at radius 1 is 0.735 bits per heavy atom. The molecule has 0 aliphatic heterocycles. The molecule has 0 aromatic heterocycles. The first-order valence-electron chi connectivity index (χ1n) is 14.6. The van der Waals surface area contributed by atoms with Gasteiger partial charge in [0.25, 0.3) is 0 Å². The molecule has 3 nitrogen and oxygen atoms in total. The van der Waals surface area contributed by atoms with E-state index in [4.69, 9.17) is 0 Å². The highest BCUT2D eigenvalue weighted by atomic mass is 16.3. The second-order valence-electron chi connectivity index (χ2n) is 16.0. The van der Waals surface area contributed by atoms with Crippen molar-refractivity contribution in [2.45, 2.75) is 131 Å². The van der Waals surface area contributed by atoms with Crippen molar-refractivity contribution in [3.05, 3.63) is 0 Å². The Balaban J connectivity index is 1.56. The zero-order valence-electron chi connectivity index (χ0n) is 23.3. The number of aliphatic hydroxyl groups excluding tert-OH is 3. The van der Waals surface area contributed by atoms with E-state index in [1.165, 1.54) is 44.9 Å². The van der Waals surface area contributed by atoms with Crippen LogP contribution in [0.25, 0.3) is 0 Å². The standard InChI is InChI=1S/C31H54O3/c1-26(2)12-14-31(16-17-32)15-13-30(7)25(20(31)19-26)21(33)18-23-28(5)10-9-24(34)27(3,4)22(28)8-11-29(23,30)6/h20-25,32-34H,8-19H2,1-7H3/t20?,21-,22+,23-,24+,25?,28+,29-,30-,31-/m1/s1. The normalized spacial score (nSPS) is 55.9. The smallest absolute Gasteiger partial charge is 0.0594 e. The quantitative estimate of drug-likeness (QED) is 0.423. The average molecular weight is 475 g/mol. The van der Waals surface area contributed by atoms with Gasteiger partial charge in [0.1, 0.15) is 0 Å². The lowest BCUT2D eigenvalue weighted by Gasteiger charge is -2.74. The van der Waals surface area contributed by atoms with Crippen molar-refractivity contribution in [3.8, 4) is 0 Å². The predicted octanol–water partition coefficient (Wildman–Crippen LogP) is 6.58. The lowest BCUT2D eigenvalue weighted by atomic mass is 9.31. The van der Waals surface area contributed by atoms with E-state index in [-0.39, 0.29) is 45.9 Å². The Bertz CT molecular complexity index is 804. The zero-order valence-corrected chi connectivity index (χ0v) is 23.3. The molecule has 5 rings (SSSR count). The summed E-state index contributed by atoms with van der Waals surface area (Å²) in [5.41, 5.74) is 1.06. The molecule has 5 aliphatic rings. The molecule has 0 saturated heterocycles. The molecule has 10 atom stereocenters. The molecular formula is C31H54O3. The second-order valence-corrected chi connectivity index (χ2v) is 16.0. The highest BCUT2D eigenvalue weighted by Gasteiger charge is 2.71. The maximum Gasteiger partial charge on any atom is 0.0594 e. The summed E-state index contributed by atoms with van der Waals surface area (Å²) < 4.78 is 0. The summed E-state index contributed by atoms with van der Waals surface area (Å²) in [6.07, 6.45) is 11.9. The van der Waals surface area contributed by atoms with Crippen molar-refractivity contribution in [3.63, 3.8) is 0 Å². The molecule has 196 valence electrons. The van der Waals surface area contributed by atoms with Gasteiger partial charge < -0.3 is 15.3 Å². The third-order valence-corrected chi connectivity index (χ3v) is 14.0. The van der Waals surface area contributed by atoms with Crippen molar-refractivity contribution < 1.29 is 15.3 Å². The SMILES string of the molecule is CC1(C)CC[C@]2(CCO)CC[C@]3(C)C(C2C1)[C@H](O)C[C@@H]1[C@@]2(C)CC[C@H](O)C(C)(C)[C@@H]2CC[C@]13C. The maximum absolute atomic E-state index is 12.1. The molecule has 0 aromatic rings. The van der Waals surface area contributed by atoms with Crippen LogP contribution >= 0.6 is 0 Å². The van der Waals surface area contributed by atoms with Crippen LogP contribution in [-0.2, 0) is 0 Å². The van der Waals surface area contributed by atoms with Crippen LogP contribution in [0.5, 0.6) is 0 Å². The van der Waals surface area contributed by atoms with E-state index in [0.29, 0.717) is 29.1 Å². The third-order valence-electron chi connectivity index (χ3n) is 14.0. The van der Waals surface area contributed by atoms with E-state index >= 15 is 0 Å². The van der Waals surface area contributed by atoms with Crippen LogP contribution in [0.4, 0.5) is 0 Å². The minimum atomic E-state index is -0.245. The van der Waals surface area contributed by atoms with E-state index in [2.05, 4.69) is 48.5 Å². The molecule has 0 bridgehead atoms. The van der Waals surface area contributed by atoms with Crippen LogP contribution in [0.3, 0.4) is 0 Å². The lowest BCUT2D eigenvalue weighted by molar-refractivity contribution is -0.280. The fraction of sp³-hybridized carbons (Fsp3) is 1.00. The highest BCUT2D eigenvalue weighted by Crippen LogP contribution is 2.77. The first-order chi connectivity index (χ1) is 15.7. The summed E-state index contributed by atoms with van der Waals surface area (Å²) in [5, 5.41) is 33.1. The van der Waals surface area contributed by atoms with Crippen molar-refractivity contribution in [2.24, 2.45) is 56.2 Å². The number of aliphatic hydroxyl groups is 3. The van der Waals surface area contributed by atoms with E-state index in [1.807, 2.05) is 0 Å². The molecule has 5 aliphatic carbocycles. The Kier molecular flexibility index (Phi) is 5.78. The van der Waals surface area contributed by atoms with Crippen molar-refractivity contribution in [1.82, 2.24) is 0 Å². The number of hydrogen-bond acceptors (Lipinski definition) is 3. The molecule has 3 heteroatoms. The molecule has 34 heavy (non-hydrogen) atoms. The van der Waals surface area contributed by atoms with Gasteiger partial charge in [-0.05, 0) is 127 Å². The first-order valence-corrected chi connectivity index (χ1v) is 14.6. The van der Waals surface area contributed by atoms with E-state index in [0.717, 1.165) is 25.7 Å². The summed E-state index contributed by atoms with van der Waals surface area (Å²) in [6, 6.07) is 0.